The van der Waals surface area contributed by atoms with Crippen LogP contribution in [0.15, 0.2) is 18.7 Å². The van der Waals surface area contributed by atoms with Gasteiger partial charge < -0.3 is 4.55 Å². The minimum absolute atomic E-state index is 0.256. The van der Waals surface area contributed by atoms with Crippen LogP contribution in [-0.4, -0.2) is 23.3 Å². The molecule has 0 aliphatic carbocycles. The van der Waals surface area contributed by atoms with Gasteiger partial charge in [-0.15, -0.1) is 0 Å². The Balaban J connectivity index is 1.85. The predicted octanol–water partition coefficient (Wildman–Crippen LogP) is 6.36. The van der Waals surface area contributed by atoms with E-state index in [1.807, 2.05) is 6.20 Å². The van der Waals surface area contributed by atoms with Gasteiger partial charge in [0.15, 0.2) is 0 Å². The first-order chi connectivity index (χ1) is 15.0. The van der Waals surface area contributed by atoms with Crippen molar-refractivity contribution in [2.24, 2.45) is 0 Å². The van der Waals surface area contributed by atoms with Crippen molar-refractivity contribution in [1.29, 1.82) is 0 Å². The van der Waals surface area contributed by atoms with Crippen molar-refractivity contribution in [2.75, 3.05) is 5.75 Å². The van der Waals surface area contributed by atoms with Crippen molar-refractivity contribution in [1.82, 2.24) is 4.57 Å². The van der Waals surface area contributed by atoms with Crippen molar-refractivity contribution in [2.45, 2.75) is 136 Å². The highest BCUT2D eigenvalue weighted by Gasteiger charge is 2.04. The monoisotopic (exact) mass is 456 g/mol. The Morgan fingerprint density at radius 2 is 1.19 bits per heavy atom. The van der Waals surface area contributed by atoms with Crippen LogP contribution in [0.1, 0.15) is 122 Å². The molecule has 1 rings (SSSR count). The molecule has 0 aromatic carbocycles. The molecule has 0 spiro atoms. The highest BCUT2D eigenvalue weighted by molar-refractivity contribution is 7.85. The molecule has 0 bridgehead atoms. The molecule has 0 unspecified atom stereocenters. The molecular formula is C25H48N2O3S. The van der Waals surface area contributed by atoms with Gasteiger partial charge in [-0.3, -0.25) is 0 Å². The van der Waals surface area contributed by atoms with E-state index in [9.17, 15) is 13.0 Å². The maximum atomic E-state index is 10.6. The summed E-state index contributed by atoms with van der Waals surface area (Å²) in [5, 5.41) is 0. The van der Waals surface area contributed by atoms with E-state index in [1.54, 1.807) is 0 Å². The first kappa shape index (κ1) is 28.2. The van der Waals surface area contributed by atoms with Crippen molar-refractivity contribution in [3.8, 4) is 0 Å². The first-order valence-corrected chi connectivity index (χ1v) is 14.6. The lowest BCUT2D eigenvalue weighted by molar-refractivity contribution is -0.696. The molecular weight excluding hydrogens is 408 g/mol. The van der Waals surface area contributed by atoms with Gasteiger partial charge in [-0.05, 0) is 25.7 Å². The Labute approximate surface area is 192 Å². The van der Waals surface area contributed by atoms with Crippen molar-refractivity contribution < 1.29 is 17.5 Å². The second-order valence-corrected chi connectivity index (χ2v) is 10.7. The fraction of sp³-hybridized carbons (Fsp3) is 0.880. The van der Waals surface area contributed by atoms with E-state index in [2.05, 4.69) is 28.6 Å². The fourth-order valence-electron chi connectivity index (χ4n) is 4.12. The number of nitrogens with zero attached hydrogens (tertiary/aromatic N) is 2. The van der Waals surface area contributed by atoms with E-state index in [-0.39, 0.29) is 5.75 Å². The van der Waals surface area contributed by atoms with E-state index in [4.69, 9.17) is 0 Å². The van der Waals surface area contributed by atoms with E-state index >= 15 is 0 Å². The highest BCUT2D eigenvalue weighted by atomic mass is 32.2. The molecule has 0 amide bonds. The van der Waals surface area contributed by atoms with Gasteiger partial charge in [-0.25, -0.2) is 17.6 Å². The molecule has 0 saturated carbocycles. The average Bonchev–Trinajstić information content (AvgIpc) is 3.18. The van der Waals surface area contributed by atoms with Crippen LogP contribution in [0.5, 0.6) is 0 Å². The molecule has 1 aromatic heterocycles. The zero-order valence-corrected chi connectivity index (χ0v) is 20.9. The number of imidazole rings is 1. The van der Waals surface area contributed by atoms with E-state index < -0.39 is 10.1 Å². The summed E-state index contributed by atoms with van der Waals surface area (Å²) < 4.78 is 36.1. The van der Waals surface area contributed by atoms with Crippen LogP contribution in [-0.2, 0) is 23.2 Å². The number of aryl methyl sites for hydroxylation is 2. The van der Waals surface area contributed by atoms with Gasteiger partial charge in [0, 0.05) is 5.75 Å². The average molecular weight is 457 g/mol. The molecule has 6 heteroatoms. The molecule has 0 N–H and O–H groups in total. The Kier molecular flexibility index (Phi) is 17.0. The molecule has 1 aromatic rings. The maximum Gasteiger partial charge on any atom is 0.243 e. The third-order valence-electron chi connectivity index (χ3n) is 6.08. The van der Waals surface area contributed by atoms with Crippen LogP contribution in [0.2, 0.25) is 0 Å². The van der Waals surface area contributed by atoms with Gasteiger partial charge in [0.1, 0.15) is 12.4 Å². The molecule has 0 fully saturated rings. The van der Waals surface area contributed by atoms with Gasteiger partial charge in [-0.2, -0.15) is 0 Å². The summed E-state index contributed by atoms with van der Waals surface area (Å²) in [5.41, 5.74) is 0. The van der Waals surface area contributed by atoms with Crippen molar-refractivity contribution in [3.63, 3.8) is 0 Å². The third-order valence-corrected chi connectivity index (χ3v) is 6.87. The summed E-state index contributed by atoms with van der Waals surface area (Å²) in [6.07, 6.45) is 29.6. The first-order valence-electron chi connectivity index (χ1n) is 13.0. The Morgan fingerprint density at radius 3 is 1.68 bits per heavy atom. The highest BCUT2D eigenvalue weighted by Crippen LogP contribution is 2.13. The fourth-order valence-corrected chi connectivity index (χ4v) is 4.68. The molecule has 5 nitrogen and oxygen atoms in total. The molecule has 1 heterocycles. The van der Waals surface area contributed by atoms with Crippen molar-refractivity contribution in [3.05, 3.63) is 18.7 Å². The van der Waals surface area contributed by atoms with E-state index in [1.165, 1.54) is 103 Å². The van der Waals surface area contributed by atoms with Gasteiger partial charge in [0.25, 0.3) is 0 Å². The van der Waals surface area contributed by atoms with Crippen LogP contribution < -0.4 is 4.57 Å². The van der Waals surface area contributed by atoms with Crippen molar-refractivity contribution >= 4 is 10.1 Å². The SMILES string of the molecule is CCCCCCCCCCCCCCCCCC[n+]1ccn(CCCCS(=O)(=O)[O-])c1. The predicted molar refractivity (Wildman–Crippen MR) is 128 cm³/mol. The van der Waals surface area contributed by atoms with E-state index in [0.29, 0.717) is 6.42 Å². The summed E-state index contributed by atoms with van der Waals surface area (Å²) in [5.74, 6) is -0.256. The molecule has 182 valence electrons. The third kappa shape index (κ3) is 18.4. The minimum Gasteiger partial charge on any atom is -0.748 e. The number of hydrogen-bond acceptors (Lipinski definition) is 3. The Morgan fingerprint density at radius 1 is 0.710 bits per heavy atom. The lowest BCUT2D eigenvalue weighted by Crippen LogP contribution is -2.30. The Hall–Kier alpha value is -0.880. The zero-order valence-electron chi connectivity index (χ0n) is 20.1. The molecule has 0 aliphatic rings. The number of unbranched alkanes of at least 4 members (excludes halogenated alkanes) is 16. The van der Waals surface area contributed by atoms with Crippen LogP contribution in [0.4, 0.5) is 0 Å². The molecule has 0 radical (unpaired) electrons. The lowest BCUT2D eigenvalue weighted by Gasteiger charge is -2.04. The van der Waals surface area contributed by atoms with Gasteiger partial charge in [0.2, 0.25) is 6.33 Å². The topological polar surface area (TPSA) is 66.0 Å². The molecule has 31 heavy (non-hydrogen) atoms. The summed E-state index contributed by atoms with van der Waals surface area (Å²) in [4.78, 5) is 0. The molecule has 0 atom stereocenters. The standard InChI is InChI=1S/C25H48N2O3S/c1-2-3-4-5-6-7-8-9-10-11-12-13-14-15-16-17-20-26-22-23-27(25-26)21-18-19-24-31(28,29)30/h22-23,25H,2-21,24H2,1H3. The largest absolute Gasteiger partial charge is 0.748 e. The summed E-state index contributed by atoms with van der Waals surface area (Å²) in [6.45, 7) is 4.09. The zero-order chi connectivity index (χ0) is 22.6. The number of hydrogen-bond donors (Lipinski definition) is 0. The maximum absolute atomic E-state index is 10.6. The second-order valence-electron chi connectivity index (χ2n) is 9.16. The van der Waals surface area contributed by atoms with Crippen LogP contribution >= 0.6 is 0 Å². The Bertz CT molecular complexity index is 628. The van der Waals surface area contributed by atoms with Crippen LogP contribution in [0.3, 0.4) is 0 Å². The normalized spacial score (nSPS) is 11.9. The van der Waals surface area contributed by atoms with Crippen LogP contribution in [0.25, 0.3) is 0 Å². The molecule has 0 saturated heterocycles. The summed E-state index contributed by atoms with van der Waals surface area (Å²) >= 11 is 0. The van der Waals surface area contributed by atoms with Gasteiger partial charge >= 0.3 is 0 Å². The summed E-state index contributed by atoms with van der Waals surface area (Å²) in [6, 6.07) is 0. The summed E-state index contributed by atoms with van der Waals surface area (Å²) in [7, 11) is -4.07. The van der Waals surface area contributed by atoms with Gasteiger partial charge in [-0.1, -0.05) is 96.8 Å². The molecule has 0 aliphatic heterocycles. The second kappa shape index (κ2) is 18.7. The smallest absolute Gasteiger partial charge is 0.243 e. The number of aromatic nitrogens is 2. The van der Waals surface area contributed by atoms with E-state index in [0.717, 1.165) is 19.5 Å². The minimum atomic E-state index is -4.07. The van der Waals surface area contributed by atoms with Crippen LogP contribution in [0, 0.1) is 0 Å². The lowest BCUT2D eigenvalue weighted by atomic mass is 10.0. The van der Waals surface area contributed by atoms with Gasteiger partial charge in [0.05, 0.1) is 23.2 Å². The number of rotatable bonds is 22. The quantitative estimate of drug-likeness (QED) is 0.116.